The highest BCUT2D eigenvalue weighted by molar-refractivity contribution is 7.80. The van der Waals surface area contributed by atoms with Crippen LogP contribution < -0.4 is 0 Å². The van der Waals surface area contributed by atoms with Crippen LogP contribution in [0.2, 0.25) is 0 Å². The van der Waals surface area contributed by atoms with Gasteiger partial charge in [-0.1, -0.05) is 36.5 Å². The first-order valence-electron chi connectivity index (χ1n) is 6.41. The Balaban J connectivity index is 2.06. The number of fused-ring (bicyclic) bond motifs is 1. The summed E-state index contributed by atoms with van der Waals surface area (Å²) in [6.45, 7) is 0. The van der Waals surface area contributed by atoms with Crippen molar-refractivity contribution in [2.75, 3.05) is 0 Å². The number of hydrogen-bond donors (Lipinski definition) is 0. The lowest BCUT2D eigenvalue weighted by Gasteiger charge is -2.13. The largest absolute Gasteiger partial charge is 0.269 e. The Kier molecular flexibility index (Phi) is 3.53. The maximum atomic E-state index is 10.7. The van der Waals surface area contributed by atoms with E-state index in [1.165, 1.54) is 12.1 Å². The molecule has 2 aromatic carbocycles. The van der Waals surface area contributed by atoms with Crippen molar-refractivity contribution < 1.29 is 4.92 Å². The van der Waals surface area contributed by atoms with Crippen molar-refractivity contribution in [1.82, 2.24) is 0 Å². The number of benzene rings is 2. The van der Waals surface area contributed by atoms with Crippen LogP contribution in [0.5, 0.6) is 0 Å². The second kappa shape index (κ2) is 5.49. The van der Waals surface area contributed by atoms with Gasteiger partial charge in [0.15, 0.2) is 0 Å². The molecule has 0 aromatic heterocycles. The highest BCUT2D eigenvalue weighted by Gasteiger charge is 2.21. The monoisotopic (exact) mass is 297 g/mol. The first-order valence-corrected chi connectivity index (χ1v) is 6.82. The molecule has 104 valence electrons. The number of rotatable bonds is 2. The number of thiocarbonyl (C=S) groups is 1. The minimum absolute atomic E-state index is 0.0631. The molecule has 0 saturated carbocycles. The van der Waals surface area contributed by atoms with E-state index < -0.39 is 4.92 Å². The quantitative estimate of drug-likeness (QED) is 0.477. The summed E-state index contributed by atoms with van der Waals surface area (Å²) in [6, 6.07) is 14.0. The van der Waals surface area contributed by atoms with E-state index >= 15 is 0 Å². The summed E-state index contributed by atoms with van der Waals surface area (Å²) in [5.41, 5.74) is 3.06. The highest BCUT2D eigenvalue weighted by Crippen LogP contribution is 2.32. The van der Waals surface area contributed by atoms with Gasteiger partial charge in [-0.3, -0.25) is 10.1 Å². The molecule has 0 fully saturated rings. The van der Waals surface area contributed by atoms with E-state index in [4.69, 9.17) is 12.2 Å². The van der Waals surface area contributed by atoms with Crippen molar-refractivity contribution in [3.05, 3.63) is 75.3 Å². The SMILES string of the molecule is O=[N+]([O-])c1ccc(C2N=NC(=S)Cc3ccccc32)cc1. The molecular weight excluding hydrogens is 286 g/mol. The van der Waals surface area contributed by atoms with Crippen LogP contribution in [0.15, 0.2) is 58.8 Å². The molecule has 2 aromatic rings. The maximum absolute atomic E-state index is 10.7. The van der Waals surface area contributed by atoms with Gasteiger partial charge in [0.2, 0.25) is 0 Å². The third kappa shape index (κ3) is 2.71. The molecule has 3 rings (SSSR count). The molecule has 0 spiro atoms. The van der Waals surface area contributed by atoms with Crippen molar-refractivity contribution in [2.24, 2.45) is 10.2 Å². The van der Waals surface area contributed by atoms with Crippen LogP contribution in [0.1, 0.15) is 22.7 Å². The van der Waals surface area contributed by atoms with Gasteiger partial charge in [-0.05, 0) is 28.8 Å². The molecule has 1 heterocycles. The van der Waals surface area contributed by atoms with Gasteiger partial charge in [-0.15, -0.1) is 5.11 Å². The molecule has 0 amide bonds. The summed E-state index contributed by atoms with van der Waals surface area (Å²) in [6.07, 6.45) is 0.596. The molecule has 1 aliphatic heterocycles. The fourth-order valence-electron chi connectivity index (χ4n) is 2.37. The number of nitrogens with zero attached hydrogens (tertiary/aromatic N) is 3. The molecule has 5 nitrogen and oxygen atoms in total. The summed E-state index contributed by atoms with van der Waals surface area (Å²) in [5, 5.41) is 19.1. The summed E-state index contributed by atoms with van der Waals surface area (Å²) < 4.78 is 0. The Morgan fingerprint density at radius 3 is 2.57 bits per heavy atom. The standard InChI is InChI=1S/C15H11N3O2S/c19-18(20)12-7-5-10(6-8-12)15-13-4-2-1-3-11(13)9-14(21)16-17-15/h1-8,15H,9H2. The lowest BCUT2D eigenvalue weighted by Crippen LogP contribution is -2.01. The minimum atomic E-state index is -0.415. The molecule has 1 aliphatic rings. The Morgan fingerprint density at radius 2 is 1.86 bits per heavy atom. The van der Waals surface area contributed by atoms with Crippen molar-refractivity contribution in [3.63, 3.8) is 0 Å². The summed E-state index contributed by atoms with van der Waals surface area (Å²) in [7, 11) is 0. The summed E-state index contributed by atoms with van der Waals surface area (Å²) in [4.78, 5) is 10.9. The Bertz CT molecular complexity index is 741. The van der Waals surface area contributed by atoms with Crippen LogP contribution in [-0.4, -0.2) is 9.91 Å². The lowest BCUT2D eigenvalue weighted by atomic mass is 9.94. The second-order valence-corrected chi connectivity index (χ2v) is 5.21. The van der Waals surface area contributed by atoms with E-state index in [1.54, 1.807) is 12.1 Å². The highest BCUT2D eigenvalue weighted by atomic mass is 32.1. The fraction of sp³-hybridized carbons (Fsp3) is 0.133. The number of azo groups is 1. The van der Waals surface area contributed by atoms with Gasteiger partial charge in [0.25, 0.3) is 5.69 Å². The molecule has 21 heavy (non-hydrogen) atoms. The van der Waals surface area contributed by atoms with Gasteiger partial charge in [0.1, 0.15) is 11.0 Å². The zero-order valence-corrected chi connectivity index (χ0v) is 11.8. The van der Waals surface area contributed by atoms with Gasteiger partial charge in [0, 0.05) is 18.6 Å². The Labute approximate surface area is 126 Å². The second-order valence-electron chi connectivity index (χ2n) is 4.74. The number of nitro benzene ring substituents is 1. The van der Waals surface area contributed by atoms with Crippen molar-refractivity contribution >= 4 is 22.9 Å². The Morgan fingerprint density at radius 1 is 1.14 bits per heavy atom. The molecule has 0 saturated heterocycles. The predicted molar refractivity (Wildman–Crippen MR) is 82.5 cm³/mol. The zero-order valence-electron chi connectivity index (χ0n) is 11.0. The first-order chi connectivity index (χ1) is 10.1. The fourth-order valence-corrected chi connectivity index (χ4v) is 2.57. The summed E-state index contributed by atoms with van der Waals surface area (Å²) >= 11 is 5.18. The molecule has 0 aliphatic carbocycles. The van der Waals surface area contributed by atoms with E-state index in [9.17, 15) is 10.1 Å². The molecule has 0 N–H and O–H groups in total. The van der Waals surface area contributed by atoms with E-state index in [0.29, 0.717) is 11.4 Å². The predicted octanol–water partition coefficient (Wildman–Crippen LogP) is 4.02. The van der Waals surface area contributed by atoms with Crippen molar-refractivity contribution in [1.29, 1.82) is 0 Å². The van der Waals surface area contributed by atoms with Gasteiger partial charge in [-0.25, -0.2) is 0 Å². The third-order valence-electron chi connectivity index (χ3n) is 3.40. The van der Waals surface area contributed by atoms with Crippen LogP contribution in [0.25, 0.3) is 0 Å². The van der Waals surface area contributed by atoms with Crippen LogP contribution in [-0.2, 0) is 6.42 Å². The average molecular weight is 297 g/mol. The van der Waals surface area contributed by atoms with Crippen LogP contribution in [0.4, 0.5) is 5.69 Å². The van der Waals surface area contributed by atoms with Gasteiger partial charge < -0.3 is 0 Å². The molecule has 1 unspecified atom stereocenters. The molecule has 0 bridgehead atoms. The van der Waals surface area contributed by atoms with Crippen LogP contribution in [0, 0.1) is 10.1 Å². The topological polar surface area (TPSA) is 67.9 Å². The number of non-ortho nitro benzene ring substituents is 1. The average Bonchev–Trinajstić information content (AvgIpc) is 2.65. The van der Waals surface area contributed by atoms with E-state index in [-0.39, 0.29) is 11.7 Å². The molecule has 6 heteroatoms. The van der Waals surface area contributed by atoms with Gasteiger partial charge in [0.05, 0.1) is 4.92 Å². The van der Waals surface area contributed by atoms with Gasteiger partial charge in [-0.2, -0.15) is 5.11 Å². The Hall–Kier alpha value is -2.47. The molecular formula is C15H11N3O2S. The molecule has 0 radical (unpaired) electrons. The smallest absolute Gasteiger partial charge is 0.258 e. The number of nitro groups is 1. The normalized spacial score (nSPS) is 17.1. The summed E-state index contributed by atoms with van der Waals surface area (Å²) in [5.74, 6) is 0. The number of hydrogen-bond acceptors (Lipinski definition) is 4. The van der Waals surface area contributed by atoms with Crippen molar-refractivity contribution in [3.8, 4) is 0 Å². The van der Waals surface area contributed by atoms with E-state index in [2.05, 4.69) is 10.2 Å². The van der Waals surface area contributed by atoms with Crippen molar-refractivity contribution in [2.45, 2.75) is 12.5 Å². The minimum Gasteiger partial charge on any atom is -0.258 e. The van der Waals surface area contributed by atoms with E-state index in [0.717, 1.165) is 16.7 Å². The first kappa shape index (κ1) is 13.5. The lowest BCUT2D eigenvalue weighted by molar-refractivity contribution is -0.384. The van der Waals surface area contributed by atoms with E-state index in [1.807, 2.05) is 24.3 Å². The van der Waals surface area contributed by atoms with Crippen LogP contribution in [0.3, 0.4) is 0 Å². The maximum Gasteiger partial charge on any atom is 0.269 e. The third-order valence-corrected chi connectivity index (χ3v) is 3.62. The van der Waals surface area contributed by atoms with Gasteiger partial charge >= 0.3 is 0 Å². The van der Waals surface area contributed by atoms with Crippen LogP contribution >= 0.6 is 12.2 Å². The molecule has 1 atom stereocenters. The zero-order chi connectivity index (χ0) is 14.8.